The molecule has 2 aliphatic carbocycles. The number of amides is 1. The third kappa shape index (κ3) is 3.43. The summed E-state index contributed by atoms with van der Waals surface area (Å²) in [7, 11) is 0. The first-order chi connectivity index (χ1) is 10.1. The summed E-state index contributed by atoms with van der Waals surface area (Å²) in [6.45, 7) is 1.80. The Balaban J connectivity index is 1.50. The van der Waals surface area contributed by atoms with Crippen molar-refractivity contribution in [2.45, 2.75) is 45.1 Å². The lowest BCUT2D eigenvalue weighted by Gasteiger charge is -2.12. The van der Waals surface area contributed by atoms with Gasteiger partial charge in [0.2, 0.25) is 0 Å². The van der Waals surface area contributed by atoms with E-state index in [1.807, 2.05) is 19.1 Å². The number of nitrogens with one attached hydrogen (secondary N) is 1. The second-order valence-corrected chi connectivity index (χ2v) is 6.11. The number of esters is 1. The molecule has 1 atom stereocenters. The number of benzene rings is 1. The predicted octanol–water partition coefficient (Wildman–Crippen LogP) is 2.25. The summed E-state index contributed by atoms with van der Waals surface area (Å²) >= 11 is 0. The standard InChI is InChI=1S/C17H21NO3/c1-11(12-5-6-12)18-16(19)10-21-17(20)15-8-7-13-3-2-4-14(13)9-15/h7-9,11-12H,2-6,10H2,1H3,(H,18,19)/t11-/m0/s1. The Morgan fingerprint density at radius 1 is 1.29 bits per heavy atom. The highest BCUT2D eigenvalue weighted by atomic mass is 16.5. The lowest BCUT2D eigenvalue weighted by molar-refractivity contribution is -0.124. The fourth-order valence-electron chi connectivity index (χ4n) is 2.92. The van der Waals surface area contributed by atoms with Gasteiger partial charge in [-0.15, -0.1) is 0 Å². The minimum absolute atomic E-state index is 0.177. The highest BCUT2D eigenvalue weighted by Gasteiger charge is 2.29. The molecular weight excluding hydrogens is 266 g/mol. The van der Waals surface area contributed by atoms with Crippen LogP contribution in [0.2, 0.25) is 0 Å². The number of carbonyl (C=O) groups excluding carboxylic acids is 2. The molecule has 112 valence electrons. The average Bonchev–Trinajstić information content (AvgIpc) is 3.22. The summed E-state index contributed by atoms with van der Waals surface area (Å²) in [6, 6.07) is 5.86. The first-order valence-electron chi connectivity index (χ1n) is 7.72. The smallest absolute Gasteiger partial charge is 0.338 e. The molecule has 0 bridgehead atoms. The highest BCUT2D eigenvalue weighted by molar-refractivity contribution is 5.91. The molecule has 1 aromatic carbocycles. The van der Waals surface area contributed by atoms with E-state index in [0.29, 0.717) is 11.5 Å². The summed E-state index contributed by atoms with van der Waals surface area (Å²) in [4.78, 5) is 23.7. The predicted molar refractivity (Wildman–Crippen MR) is 79.1 cm³/mol. The van der Waals surface area contributed by atoms with Crippen LogP contribution in [0.4, 0.5) is 0 Å². The Kier molecular flexibility index (Phi) is 3.95. The molecule has 0 aliphatic heterocycles. The molecule has 1 saturated carbocycles. The van der Waals surface area contributed by atoms with Crippen molar-refractivity contribution in [2.24, 2.45) is 5.92 Å². The Hall–Kier alpha value is -1.84. The van der Waals surface area contributed by atoms with Gasteiger partial charge in [-0.2, -0.15) is 0 Å². The van der Waals surface area contributed by atoms with Gasteiger partial charge in [-0.1, -0.05) is 6.07 Å². The van der Waals surface area contributed by atoms with Gasteiger partial charge in [0.25, 0.3) is 5.91 Å². The number of hydrogen-bond acceptors (Lipinski definition) is 3. The van der Waals surface area contributed by atoms with Gasteiger partial charge >= 0.3 is 5.97 Å². The summed E-state index contributed by atoms with van der Waals surface area (Å²) in [6.07, 6.45) is 5.62. The van der Waals surface area contributed by atoms with Gasteiger partial charge in [-0.05, 0) is 68.2 Å². The molecule has 0 aromatic heterocycles. The zero-order valence-corrected chi connectivity index (χ0v) is 12.4. The molecule has 3 rings (SSSR count). The molecule has 0 heterocycles. The van der Waals surface area contributed by atoms with Crippen LogP contribution in [-0.2, 0) is 22.4 Å². The number of ether oxygens (including phenoxy) is 1. The number of aryl methyl sites for hydroxylation is 2. The maximum atomic E-state index is 12.0. The molecule has 2 aliphatic rings. The molecule has 1 N–H and O–H groups in total. The summed E-state index contributed by atoms with van der Waals surface area (Å²) < 4.78 is 5.10. The SMILES string of the molecule is C[C@H](NC(=O)COC(=O)c1ccc2c(c1)CCC2)C1CC1. The van der Waals surface area contributed by atoms with Crippen molar-refractivity contribution < 1.29 is 14.3 Å². The van der Waals surface area contributed by atoms with Crippen LogP contribution in [0.25, 0.3) is 0 Å². The van der Waals surface area contributed by atoms with Crippen molar-refractivity contribution in [2.75, 3.05) is 6.61 Å². The van der Waals surface area contributed by atoms with E-state index < -0.39 is 5.97 Å². The van der Waals surface area contributed by atoms with Crippen LogP contribution in [-0.4, -0.2) is 24.5 Å². The van der Waals surface area contributed by atoms with Crippen LogP contribution in [0, 0.1) is 5.92 Å². The van der Waals surface area contributed by atoms with Crippen LogP contribution < -0.4 is 5.32 Å². The lowest BCUT2D eigenvalue weighted by atomic mass is 10.1. The largest absolute Gasteiger partial charge is 0.452 e. The summed E-state index contributed by atoms with van der Waals surface area (Å²) in [5.74, 6) is -0.0378. The van der Waals surface area contributed by atoms with Gasteiger partial charge in [0.15, 0.2) is 6.61 Å². The highest BCUT2D eigenvalue weighted by Crippen LogP contribution is 2.32. The number of carbonyl (C=O) groups is 2. The lowest BCUT2D eigenvalue weighted by Crippen LogP contribution is -2.37. The van der Waals surface area contributed by atoms with E-state index in [1.54, 1.807) is 6.07 Å². The zero-order chi connectivity index (χ0) is 14.8. The molecule has 1 amide bonds. The molecule has 4 nitrogen and oxygen atoms in total. The number of fused-ring (bicyclic) bond motifs is 1. The summed E-state index contributed by atoms with van der Waals surface area (Å²) in [5, 5.41) is 2.87. The van der Waals surface area contributed by atoms with Gasteiger partial charge in [0, 0.05) is 6.04 Å². The Labute approximate surface area is 124 Å². The van der Waals surface area contributed by atoms with Crippen molar-refractivity contribution in [3.63, 3.8) is 0 Å². The average molecular weight is 287 g/mol. The quantitative estimate of drug-likeness (QED) is 0.845. The summed E-state index contributed by atoms with van der Waals surface area (Å²) in [5.41, 5.74) is 3.09. The first kappa shape index (κ1) is 14.1. The van der Waals surface area contributed by atoms with Crippen LogP contribution >= 0.6 is 0 Å². The molecule has 0 unspecified atom stereocenters. The first-order valence-corrected chi connectivity index (χ1v) is 7.72. The van der Waals surface area contributed by atoms with E-state index in [1.165, 1.54) is 24.0 Å². The molecule has 0 radical (unpaired) electrons. The van der Waals surface area contributed by atoms with Gasteiger partial charge in [0.05, 0.1) is 5.56 Å². The third-order valence-electron chi connectivity index (χ3n) is 4.39. The van der Waals surface area contributed by atoms with E-state index in [9.17, 15) is 9.59 Å². The van der Waals surface area contributed by atoms with Crippen LogP contribution in [0.5, 0.6) is 0 Å². The molecule has 21 heavy (non-hydrogen) atoms. The maximum absolute atomic E-state index is 12.0. The third-order valence-corrected chi connectivity index (χ3v) is 4.39. The second kappa shape index (κ2) is 5.88. The Morgan fingerprint density at radius 2 is 2.05 bits per heavy atom. The van der Waals surface area contributed by atoms with Crippen LogP contribution in [0.15, 0.2) is 18.2 Å². The number of rotatable bonds is 5. The zero-order valence-electron chi connectivity index (χ0n) is 12.4. The van der Waals surface area contributed by atoms with Crippen molar-refractivity contribution in [1.29, 1.82) is 0 Å². The van der Waals surface area contributed by atoms with Gasteiger partial charge < -0.3 is 10.1 Å². The van der Waals surface area contributed by atoms with Crippen molar-refractivity contribution in [1.82, 2.24) is 5.32 Å². The van der Waals surface area contributed by atoms with Gasteiger partial charge in [-0.25, -0.2) is 4.79 Å². The van der Waals surface area contributed by atoms with E-state index in [-0.39, 0.29) is 18.6 Å². The normalized spacial score (nSPS) is 18.0. The monoisotopic (exact) mass is 287 g/mol. The molecular formula is C17H21NO3. The van der Waals surface area contributed by atoms with Crippen molar-refractivity contribution >= 4 is 11.9 Å². The van der Waals surface area contributed by atoms with Crippen molar-refractivity contribution in [3.05, 3.63) is 34.9 Å². The van der Waals surface area contributed by atoms with E-state index >= 15 is 0 Å². The minimum Gasteiger partial charge on any atom is -0.452 e. The maximum Gasteiger partial charge on any atom is 0.338 e. The second-order valence-electron chi connectivity index (χ2n) is 6.11. The van der Waals surface area contributed by atoms with E-state index in [0.717, 1.165) is 19.3 Å². The molecule has 0 spiro atoms. The molecule has 1 fully saturated rings. The topological polar surface area (TPSA) is 55.4 Å². The van der Waals surface area contributed by atoms with Crippen molar-refractivity contribution in [3.8, 4) is 0 Å². The minimum atomic E-state index is -0.418. The van der Waals surface area contributed by atoms with Gasteiger partial charge in [-0.3, -0.25) is 4.79 Å². The molecule has 1 aromatic rings. The Bertz CT molecular complexity index is 563. The molecule has 0 saturated heterocycles. The van der Waals surface area contributed by atoms with E-state index in [2.05, 4.69) is 5.32 Å². The van der Waals surface area contributed by atoms with Crippen LogP contribution in [0.3, 0.4) is 0 Å². The fourth-order valence-corrected chi connectivity index (χ4v) is 2.92. The van der Waals surface area contributed by atoms with E-state index in [4.69, 9.17) is 4.74 Å². The molecule has 4 heteroatoms. The number of hydrogen-bond donors (Lipinski definition) is 1. The fraction of sp³-hybridized carbons (Fsp3) is 0.529. The van der Waals surface area contributed by atoms with Crippen LogP contribution in [0.1, 0.15) is 47.7 Å². The van der Waals surface area contributed by atoms with Gasteiger partial charge in [0.1, 0.15) is 0 Å². The Morgan fingerprint density at radius 3 is 2.81 bits per heavy atom.